The number of hydrogen-bond acceptors (Lipinski definition) is 8. The Morgan fingerprint density at radius 1 is 1.14 bits per heavy atom. The van der Waals surface area contributed by atoms with Crippen molar-refractivity contribution in [3.8, 4) is 0 Å². The Kier molecular flexibility index (Phi) is 6.44. The van der Waals surface area contributed by atoms with Crippen LogP contribution in [0.25, 0.3) is 0 Å². The van der Waals surface area contributed by atoms with Crippen molar-refractivity contribution in [3.05, 3.63) is 29.3 Å². The number of nitrogens with two attached hydrogens (primary N) is 2. The normalized spacial score (nSPS) is 18.7. The number of benzene rings is 1. The highest BCUT2D eigenvalue weighted by Crippen LogP contribution is 2.30. The Bertz CT molecular complexity index is 839. The van der Waals surface area contributed by atoms with E-state index in [2.05, 4.69) is 5.73 Å². The van der Waals surface area contributed by atoms with Crippen molar-refractivity contribution in [2.24, 2.45) is 5.73 Å². The Balaban J connectivity index is 0.000000500. The van der Waals surface area contributed by atoms with Gasteiger partial charge in [-0.3, -0.25) is 33.8 Å². The SMILES string of the molecule is NCC(=O)O.Nc1ccc2c(c1)C(=O)N(C1CCC(=O)N(CCO)C1=O)C2=O. The number of carbonyl (C=O) groups is 5. The molecule has 2 aliphatic rings. The topological polar surface area (TPSA) is 184 Å². The molecule has 0 bridgehead atoms. The minimum Gasteiger partial charge on any atom is -0.480 e. The maximum Gasteiger partial charge on any atom is 0.317 e. The van der Waals surface area contributed by atoms with Gasteiger partial charge < -0.3 is 21.7 Å². The van der Waals surface area contributed by atoms with Gasteiger partial charge in [-0.25, -0.2) is 0 Å². The molecule has 3 rings (SSSR count). The summed E-state index contributed by atoms with van der Waals surface area (Å²) in [6.07, 6.45) is 0.118. The van der Waals surface area contributed by atoms with E-state index >= 15 is 0 Å². The van der Waals surface area contributed by atoms with E-state index < -0.39 is 35.6 Å². The van der Waals surface area contributed by atoms with E-state index in [0.717, 1.165) is 9.80 Å². The number of imide groups is 2. The number of β-amino-alcohol motifs (C(OH)–C–C–N with tert-alkyl or cyclic N) is 1. The van der Waals surface area contributed by atoms with Gasteiger partial charge in [0.05, 0.1) is 30.8 Å². The molecular weight excluding hydrogens is 372 g/mol. The zero-order valence-corrected chi connectivity index (χ0v) is 14.8. The van der Waals surface area contributed by atoms with Crippen molar-refractivity contribution in [2.75, 3.05) is 25.4 Å². The third-order valence-corrected chi connectivity index (χ3v) is 4.24. The highest BCUT2D eigenvalue weighted by Gasteiger charge is 2.46. The number of carboxylic acids is 1. The molecule has 150 valence electrons. The monoisotopic (exact) mass is 392 g/mol. The first-order chi connectivity index (χ1) is 13.2. The van der Waals surface area contributed by atoms with Crippen LogP contribution < -0.4 is 11.5 Å². The molecule has 2 aliphatic heterocycles. The van der Waals surface area contributed by atoms with Gasteiger partial charge in [-0.05, 0) is 24.6 Å². The summed E-state index contributed by atoms with van der Waals surface area (Å²) in [6.45, 7) is -0.798. The van der Waals surface area contributed by atoms with Crippen LogP contribution in [-0.4, -0.2) is 75.3 Å². The van der Waals surface area contributed by atoms with Gasteiger partial charge in [-0.2, -0.15) is 0 Å². The van der Waals surface area contributed by atoms with Gasteiger partial charge in [0.15, 0.2) is 0 Å². The fourth-order valence-corrected chi connectivity index (χ4v) is 2.96. The molecule has 11 nitrogen and oxygen atoms in total. The minimum atomic E-state index is -1.03. The van der Waals surface area contributed by atoms with Gasteiger partial charge in [0.25, 0.3) is 17.7 Å². The number of fused-ring (bicyclic) bond motifs is 1. The van der Waals surface area contributed by atoms with Crippen LogP contribution in [0.3, 0.4) is 0 Å². The number of aliphatic carboxylic acids is 1. The first kappa shape index (κ1) is 21.0. The third-order valence-electron chi connectivity index (χ3n) is 4.24. The maximum absolute atomic E-state index is 12.5. The molecule has 6 N–H and O–H groups in total. The first-order valence-corrected chi connectivity index (χ1v) is 8.37. The van der Waals surface area contributed by atoms with E-state index in [1.165, 1.54) is 18.2 Å². The van der Waals surface area contributed by atoms with E-state index in [0.29, 0.717) is 5.69 Å². The lowest BCUT2D eigenvalue weighted by Crippen LogP contribution is -2.56. The molecule has 2 heterocycles. The number of aliphatic hydroxyl groups is 1. The predicted molar refractivity (Wildman–Crippen MR) is 94.9 cm³/mol. The quantitative estimate of drug-likeness (QED) is 0.346. The number of carbonyl (C=O) groups excluding carboxylic acids is 4. The summed E-state index contributed by atoms with van der Waals surface area (Å²) in [5.74, 6) is -3.18. The van der Waals surface area contributed by atoms with E-state index in [1.807, 2.05) is 0 Å². The molecule has 1 saturated heterocycles. The van der Waals surface area contributed by atoms with Crippen molar-refractivity contribution in [1.29, 1.82) is 0 Å². The Morgan fingerprint density at radius 2 is 1.75 bits per heavy atom. The number of anilines is 1. The largest absolute Gasteiger partial charge is 0.480 e. The van der Waals surface area contributed by atoms with Crippen LogP contribution in [0.4, 0.5) is 5.69 Å². The van der Waals surface area contributed by atoms with E-state index in [4.69, 9.17) is 15.9 Å². The van der Waals surface area contributed by atoms with Crippen molar-refractivity contribution in [2.45, 2.75) is 18.9 Å². The number of amides is 4. The minimum absolute atomic E-state index is 0.0337. The van der Waals surface area contributed by atoms with Crippen molar-refractivity contribution in [3.63, 3.8) is 0 Å². The van der Waals surface area contributed by atoms with E-state index in [1.54, 1.807) is 0 Å². The van der Waals surface area contributed by atoms with Crippen molar-refractivity contribution >= 4 is 35.3 Å². The average Bonchev–Trinajstić information content (AvgIpc) is 2.90. The molecule has 1 aromatic carbocycles. The first-order valence-electron chi connectivity index (χ1n) is 8.37. The molecule has 1 atom stereocenters. The fraction of sp³-hybridized carbons (Fsp3) is 0.353. The number of nitrogen functional groups attached to an aromatic ring is 1. The lowest BCUT2D eigenvalue weighted by molar-refractivity contribution is -0.152. The lowest BCUT2D eigenvalue weighted by atomic mass is 10.0. The summed E-state index contributed by atoms with van der Waals surface area (Å²) in [6, 6.07) is 3.33. The molecule has 0 aliphatic carbocycles. The van der Waals surface area contributed by atoms with Gasteiger partial charge in [0.1, 0.15) is 6.04 Å². The number of hydrogen-bond donors (Lipinski definition) is 4. The summed E-state index contributed by atoms with van der Waals surface area (Å²) in [4.78, 5) is 60.2. The standard InChI is InChI=1S/C15H15N3O5.C2H5NO2/c16-8-1-2-9-10(7-8)14(22)18(13(9)21)11-3-4-12(20)17(5-6-19)15(11)23;3-1-2(4)5/h1-2,7,11,19H,3-6,16H2;1,3H2,(H,4,5). The van der Waals surface area contributed by atoms with Gasteiger partial charge >= 0.3 is 5.97 Å². The molecule has 1 unspecified atom stereocenters. The van der Waals surface area contributed by atoms with Crippen LogP contribution in [0, 0.1) is 0 Å². The van der Waals surface area contributed by atoms with Crippen molar-refractivity contribution in [1.82, 2.24) is 9.80 Å². The van der Waals surface area contributed by atoms with E-state index in [-0.39, 0.29) is 43.7 Å². The number of carboxylic acid groups (broad SMARTS) is 1. The smallest absolute Gasteiger partial charge is 0.317 e. The fourth-order valence-electron chi connectivity index (χ4n) is 2.96. The Morgan fingerprint density at radius 3 is 2.32 bits per heavy atom. The number of piperidine rings is 1. The van der Waals surface area contributed by atoms with Crippen LogP contribution in [0.2, 0.25) is 0 Å². The number of nitrogens with zero attached hydrogens (tertiary/aromatic N) is 2. The van der Waals surface area contributed by atoms with Gasteiger partial charge in [-0.1, -0.05) is 0 Å². The van der Waals surface area contributed by atoms with Gasteiger partial charge in [-0.15, -0.1) is 0 Å². The summed E-state index contributed by atoms with van der Waals surface area (Å²) < 4.78 is 0. The lowest BCUT2D eigenvalue weighted by Gasteiger charge is -2.34. The number of aliphatic hydroxyl groups excluding tert-OH is 1. The second kappa shape index (κ2) is 8.59. The molecule has 0 saturated carbocycles. The average molecular weight is 392 g/mol. The second-order valence-electron chi connectivity index (χ2n) is 6.04. The Hall–Kier alpha value is -3.31. The number of rotatable bonds is 4. The molecule has 28 heavy (non-hydrogen) atoms. The van der Waals surface area contributed by atoms with Crippen LogP contribution >= 0.6 is 0 Å². The molecule has 1 aromatic rings. The molecule has 1 fully saturated rings. The van der Waals surface area contributed by atoms with Crippen molar-refractivity contribution < 1.29 is 34.2 Å². The molecular formula is C17H20N4O7. The van der Waals surface area contributed by atoms with Crippen LogP contribution in [0.15, 0.2) is 18.2 Å². The van der Waals surface area contributed by atoms with Crippen LogP contribution in [-0.2, 0) is 14.4 Å². The predicted octanol–water partition coefficient (Wildman–Crippen LogP) is -1.60. The molecule has 11 heteroatoms. The third kappa shape index (κ3) is 4.00. The molecule has 0 aromatic heterocycles. The Labute approximate surface area is 159 Å². The van der Waals surface area contributed by atoms with Gasteiger partial charge in [0.2, 0.25) is 5.91 Å². The highest BCUT2D eigenvalue weighted by atomic mass is 16.4. The summed E-state index contributed by atoms with van der Waals surface area (Å²) in [7, 11) is 0. The van der Waals surface area contributed by atoms with E-state index in [9.17, 15) is 24.0 Å². The zero-order chi connectivity index (χ0) is 21.0. The summed E-state index contributed by atoms with van der Waals surface area (Å²) in [5.41, 5.74) is 10.9. The summed E-state index contributed by atoms with van der Waals surface area (Å²) >= 11 is 0. The number of likely N-dealkylation sites (tertiary alicyclic amines) is 1. The second-order valence-corrected chi connectivity index (χ2v) is 6.04. The maximum atomic E-state index is 12.5. The molecule has 4 amide bonds. The summed E-state index contributed by atoms with van der Waals surface area (Å²) in [5, 5.41) is 16.6. The highest BCUT2D eigenvalue weighted by molar-refractivity contribution is 6.23. The zero-order valence-electron chi connectivity index (χ0n) is 14.8. The molecule has 0 spiro atoms. The van der Waals surface area contributed by atoms with Gasteiger partial charge in [0, 0.05) is 12.1 Å². The van der Waals surface area contributed by atoms with Crippen LogP contribution in [0.5, 0.6) is 0 Å². The van der Waals surface area contributed by atoms with Crippen LogP contribution in [0.1, 0.15) is 33.6 Å². The molecule has 0 radical (unpaired) electrons.